The van der Waals surface area contributed by atoms with E-state index < -0.39 is 0 Å². The summed E-state index contributed by atoms with van der Waals surface area (Å²) >= 11 is 6.81. The van der Waals surface area contributed by atoms with Crippen LogP contribution in [-0.2, 0) is 4.79 Å². The smallest absolute Gasteiger partial charge is 0.266 e. The van der Waals surface area contributed by atoms with E-state index >= 15 is 0 Å². The Morgan fingerprint density at radius 3 is 2.84 bits per heavy atom. The summed E-state index contributed by atoms with van der Waals surface area (Å²) in [6.45, 7) is 0. The Morgan fingerprint density at radius 2 is 2.16 bits per heavy atom. The van der Waals surface area contributed by atoms with E-state index in [9.17, 15) is 4.79 Å². The topological polar surface area (TPSA) is 36.1 Å². The van der Waals surface area contributed by atoms with Gasteiger partial charge in [-0.05, 0) is 31.1 Å². The zero-order valence-electron chi connectivity index (χ0n) is 10.6. The molecule has 1 aromatic rings. The van der Waals surface area contributed by atoms with Crippen LogP contribution in [0.1, 0.15) is 37.8 Å². The summed E-state index contributed by atoms with van der Waals surface area (Å²) in [7, 11) is 0. The molecule has 0 radical (unpaired) electrons. The molecule has 2 aliphatic rings. The van der Waals surface area contributed by atoms with Gasteiger partial charge in [0.05, 0.1) is 4.91 Å². The van der Waals surface area contributed by atoms with E-state index in [2.05, 4.69) is 4.98 Å². The van der Waals surface area contributed by atoms with E-state index in [1.54, 1.807) is 0 Å². The van der Waals surface area contributed by atoms with Gasteiger partial charge in [0, 0.05) is 17.9 Å². The number of rotatable bonds is 2. The van der Waals surface area contributed by atoms with Gasteiger partial charge in [-0.25, -0.2) is 0 Å². The quantitative estimate of drug-likeness (QED) is 0.669. The van der Waals surface area contributed by atoms with Crippen molar-refractivity contribution in [2.45, 2.75) is 38.1 Å². The lowest BCUT2D eigenvalue weighted by atomic mass is 9.94. The van der Waals surface area contributed by atoms with Gasteiger partial charge in [-0.1, -0.05) is 43.2 Å². The number of carbonyl (C=O) groups is 1. The summed E-state index contributed by atoms with van der Waals surface area (Å²) in [6.07, 6.45) is 9.61. The lowest BCUT2D eigenvalue weighted by Gasteiger charge is -2.29. The van der Waals surface area contributed by atoms with Crippen LogP contribution in [0.15, 0.2) is 23.2 Å². The van der Waals surface area contributed by atoms with Gasteiger partial charge >= 0.3 is 0 Å². The fourth-order valence-corrected chi connectivity index (χ4v) is 4.10. The van der Waals surface area contributed by atoms with Crippen LogP contribution in [0.5, 0.6) is 0 Å². The third-order valence-electron chi connectivity index (χ3n) is 3.67. The van der Waals surface area contributed by atoms with Gasteiger partial charge < -0.3 is 4.98 Å². The van der Waals surface area contributed by atoms with Crippen molar-refractivity contribution >= 4 is 40.3 Å². The lowest BCUT2D eigenvalue weighted by molar-refractivity contribution is -0.124. The Kier molecular flexibility index (Phi) is 3.75. The zero-order valence-corrected chi connectivity index (χ0v) is 12.2. The third-order valence-corrected chi connectivity index (χ3v) is 5.00. The molecule has 0 spiro atoms. The van der Waals surface area contributed by atoms with Crippen LogP contribution in [0.2, 0.25) is 0 Å². The van der Waals surface area contributed by atoms with E-state index in [-0.39, 0.29) is 5.91 Å². The Morgan fingerprint density at radius 1 is 1.37 bits per heavy atom. The molecule has 1 N–H and O–H groups in total. The number of nitrogens with zero attached hydrogens (tertiary/aromatic N) is 1. The van der Waals surface area contributed by atoms with Gasteiger partial charge in [0.1, 0.15) is 4.32 Å². The number of amides is 1. The normalized spacial score (nSPS) is 23.6. The number of thiocarbonyl (C=S) groups is 1. The maximum Gasteiger partial charge on any atom is 0.266 e. The van der Waals surface area contributed by atoms with Crippen molar-refractivity contribution in [2.75, 3.05) is 0 Å². The highest BCUT2D eigenvalue weighted by atomic mass is 32.2. The van der Waals surface area contributed by atoms with Crippen LogP contribution in [0.25, 0.3) is 6.08 Å². The number of nitrogens with one attached hydrogen (secondary N) is 1. The largest absolute Gasteiger partial charge is 0.362 e. The highest BCUT2D eigenvalue weighted by molar-refractivity contribution is 8.26. The van der Waals surface area contributed by atoms with Gasteiger partial charge in [0.2, 0.25) is 0 Å². The molecule has 0 aromatic carbocycles. The van der Waals surface area contributed by atoms with Crippen LogP contribution in [0.4, 0.5) is 0 Å². The maximum atomic E-state index is 12.5. The first-order valence-electron chi connectivity index (χ1n) is 6.66. The summed E-state index contributed by atoms with van der Waals surface area (Å²) in [5.41, 5.74) is 0.948. The van der Waals surface area contributed by atoms with Crippen LogP contribution >= 0.6 is 24.0 Å². The molecule has 0 unspecified atom stereocenters. The first-order valence-corrected chi connectivity index (χ1v) is 7.88. The van der Waals surface area contributed by atoms with Crippen molar-refractivity contribution in [3.8, 4) is 0 Å². The molecule has 1 aromatic heterocycles. The number of carbonyl (C=O) groups excluding carboxylic acids is 1. The van der Waals surface area contributed by atoms with E-state index in [1.807, 2.05) is 29.3 Å². The highest BCUT2D eigenvalue weighted by Crippen LogP contribution is 2.37. The summed E-state index contributed by atoms with van der Waals surface area (Å²) in [5.74, 6) is 0.0801. The number of H-pyrrole nitrogens is 1. The molecular weight excluding hydrogens is 276 g/mol. The summed E-state index contributed by atoms with van der Waals surface area (Å²) in [5, 5.41) is 0. The minimum Gasteiger partial charge on any atom is -0.362 e. The van der Waals surface area contributed by atoms with Crippen molar-refractivity contribution in [3.63, 3.8) is 0 Å². The predicted octanol–water partition coefficient (Wildman–Crippen LogP) is 3.55. The molecule has 2 fully saturated rings. The van der Waals surface area contributed by atoms with Crippen molar-refractivity contribution in [1.82, 2.24) is 9.88 Å². The van der Waals surface area contributed by atoms with Crippen molar-refractivity contribution in [1.29, 1.82) is 0 Å². The number of aromatic nitrogens is 1. The van der Waals surface area contributed by atoms with Crippen molar-refractivity contribution in [3.05, 3.63) is 28.9 Å². The minimum absolute atomic E-state index is 0.0801. The molecule has 19 heavy (non-hydrogen) atoms. The third kappa shape index (κ3) is 2.62. The van der Waals surface area contributed by atoms with Gasteiger partial charge in [0.25, 0.3) is 5.91 Å². The molecule has 1 saturated heterocycles. The summed E-state index contributed by atoms with van der Waals surface area (Å²) < 4.78 is 0.717. The standard InChI is InChI=1S/C14H16N2OS2/c17-13-12(9-10-5-4-8-15-10)19-14(18)16(13)11-6-2-1-3-7-11/h4-5,8-9,11,15H,1-3,6-7H2. The highest BCUT2D eigenvalue weighted by Gasteiger charge is 2.37. The molecule has 1 aliphatic heterocycles. The molecule has 1 amide bonds. The predicted molar refractivity (Wildman–Crippen MR) is 82.7 cm³/mol. The number of aromatic amines is 1. The molecule has 3 rings (SSSR count). The van der Waals surface area contributed by atoms with Crippen molar-refractivity contribution in [2.24, 2.45) is 0 Å². The second-order valence-corrected chi connectivity index (χ2v) is 6.64. The van der Waals surface area contributed by atoms with Gasteiger partial charge in [0.15, 0.2) is 0 Å². The first kappa shape index (κ1) is 12.9. The Labute approximate surface area is 122 Å². The second-order valence-electron chi connectivity index (χ2n) is 4.97. The first-order chi connectivity index (χ1) is 9.25. The number of thioether (sulfide) groups is 1. The summed E-state index contributed by atoms with van der Waals surface area (Å²) in [4.78, 5) is 18.1. The van der Waals surface area contributed by atoms with Crippen LogP contribution in [0, 0.1) is 0 Å². The van der Waals surface area contributed by atoms with Gasteiger partial charge in [-0.15, -0.1) is 0 Å². The SMILES string of the molecule is O=C1C(=Cc2ccc[nH]2)SC(=S)N1C1CCCCC1. The van der Waals surface area contributed by atoms with Gasteiger partial charge in [-0.3, -0.25) is 9.69 Å². The second kappa shape index (κ2) is 5.51. The fraction of sp³-hybridized carbons (Fsp3) is 0.429. The molecule has 100 valence electrons. The van der Waals surface area contributed by atoms with Crippen LogP contribution < -0.4 is 0 Å². The number of hydrogen-bond acceptors (Lipinski definition) is 3. The molecule has 0 bridgehead atoms. The molecule has 0 atom stereocenters. The summed E-state index contributed by atoms with van der Waals surface area (Å²) in [6, 6.07) is 4.19. The molecule has 2 heterocycles. The molecule has 1 aliphatic carbocycles. The zero-order chi connectivity index (χ0) is 13.2. The Bertz CT molecular complexity index is 516. The number of hydrogen-bond donors (Lipinski definition) is 1. The monoisotopic (exact) mass is 292 g/mol. The average molecular weight is 292 g/mol. The lowest BCUT2D eigenvalue weighted by Crippen LogP contribution is -2.39. The van der Waals surface area contributed by atoms with E-state index in [0.29, 0.717) is 6.04 Å². The molecular formula is C14H16N2OS2. The molecule has 3 nitrogen and oxygen atoms in total. The van der Waals surface area contributed by atoms with E-state index in [4.69, 9.17) is 12.2 Å². The van der Waals surface area contributed by atoms with Crippen molar-refractivity contribution < 1.29 is 4.79 Å². The molecule has 5 heteroatoms. The van der Waals surface area contributed by atoms with E-state index in [1.165, 1.54) is 31.0 Å². The average Bonchev–Trinajstić information content (AvgIpc) is 3.01. The van der Waals surface area contributed by atoms with Crippen LogP contribution in [0.3, 0.4) is 0 Å². The maximum absolute atomic E-state index is 12.5. The van der Waals surface area contributed by atoms with Crippen LogP contribution in [-0.4, -0.2) is 26.2 Å². The van der Waals surface area contributed by atoms with Gasteiger partial charge in [-0.2, -0.15) is 0 Å². The molecule has 1 saturated carbocycles. The fourth-order valence-electron chi connectivity index (χ4n) is 2.71. The Hall–Kier alpha value is -1.07. The minimum atomic E-state index is 0.0801. The Balaban J connectivity index is 1.80. The van der Waals surface area contributed by atoms with E-state index in [0.717, 1.165) is 27.8 Å².